The van der Waals surface area contributed by atoms with Crippen LogP contribution in [0.3, 0.4) is 0 Å². The summed E-state index contributed by atoms with van der Waals surface area (Å²) < 4.78 is 0.577. The topological polar surface area (TPSA) is 44.0 Å². The van der Waals surface area contributed by atoms with E-state index < -0.39 is 0 Å². The van der Waals surface area contributed by atoms with Crippen LogP contribution in [0.2, 0.25) is 0 Å². The number of hydrogen-bond acceptors (Lipinski definition) is 4. The first-order chi connectivity index (χ1) is 9.31. The molecule has 1 aromatic heterocycles. The molecule has 3 heterocycles. The van der Waals surface area contributed by atoms with Crippen molar-refractivity contribution in [2.24, 2.45) is 0 Å². The fourth-order valence-electron chi connectivity index (χ4n) is 2.92. The van der Waals surface area contributed by atoms with Crippen LogP contribution >= 0.6 is 12.2 Å². The molecule has 5 heteroatoms. The van der Waals surface area contributed by atoms with Crippen molar-refractivity contribution >= 4 is 18.0 Å². The van der Waals surface area contributed by atoms with E-state index in [0.29, 0.717) is 4.77 Å². The van der Waals surface area contributed by atoms with Crippen molar-refractivity contribution in [3.8, 4) is 0 Å². The van der Waals surface area contributed by atoms with Gasteiger partial charge in [0, 0.05) is 37.4 Å². The maximum absolute atomic E-state index is 5.24. The number of nitrogens with zero attached hydrogens (tertiary/aromatic N) is 2. The number of hydrogen-bond donors (Lipinski definition) is 2. The van der Waals surface area contributed by atoms with E-state index in [1.165, 1.54) is 22.4 Å². The molecule has 0 spiro atoms. The van der Waals surface area contributed by atoms with E-state index in [4.69, 9.17) is 12.2 Å². The second-order valence-corrected chi connectivity index (χ2v) is 5.44. The lowest BCUT2D eigenvalue weighted by Gasteiger charge is -2.19. The Morgan fingerprint density at radius 3 is 2.58 bits per heavy atom. The average Bonchev–Trinajstić information content (AvgIpc) is 3.03. The molecule has 19 heavy (non-hydrogen) atoms. The normalized spacial score (nSPS) is 16.5. The van der Waals surface area contributed by atoms with Crippen molar-refractivity contribution in [3.63, 3.8) is 0 Å². The largest absolute Gasteiger partial charge is 0.348 e. The van der Waals surface area contributed by atoms with E-state index in [1.807, 2.05) is 0 Å². The molecule has 0 atom stereocenters. The Balaban J connectivity index is 1.78. The van der Waals surface area contributed by atoms with Gasteiger partial charge < -0.3 is 15.2 Å². The summed E-state index contributed by atoms with van der Waals surface area (Å²) in [6.45, 7) is 3.58. The van der Waals surface area contributed by atoms with Gasteiger partial charge >= 0.3 is 0 Å². The van der Waals surface area contributed by atoms with Crippen molar-refractivity contribution in [2.75, 3.05) is 4.90 Å². The molecule has 0 amide bonds. The Kier molecular flexibility index (Phi) is 2.43. The molecular weight excluding hydrogens is 256 g/mol. The average molecular weight is 270 g/mol. The smallest absolute Gasteiger partial charge is 0.199 e. The van der Waals surface area contributed by atoms with Crippen LogP contribution in [0.4, 0.5) is 5.82 Å². The van der Waals surface area contributed by atoms with E-state index in [2.05, 4.69) is 44.5 Å². The molecule has 4 nitrogen and oxygen atoms in total. The number of rotatable bonds is 1. The summed E-state index contributed by atoms with van der Waals surface area (Å²) in [6, 6.07) is 8.58. The zero-order valence-corrected chi connectivity index (χ0v) is 11.3. The number of fused-ring (bicyclic) bond motifs is 2. The van der Waals surface area contributed by atoms with Crippen molar-refractivity contribution in [1.29, 1.82) is 0 Å². The molecule has 0 fully saturated rings. The molecule has 2 aliphatic rings. The van der Waals surface area contributed by atoms with E-state index in [0.717, 1.165) is 32.0 Å². The first kappa shape index (κ1) is 11.1. The van der Waals surface area contributed by atoms with Gasteiger partial charge in [-0.1, -0.05) is 24.3 Å². The second-order valence-electron chi connectivity index (χ2n) is 5.05. The molecule has 2 N–H and O–H groups in total. The number of H-pyrrole nitrogens is 1. The highest BCUT2D eigenvalue weighted by atomic mass is 32.1. The molecule has 0 unspecified atom stereocenters. The lowest BCUT2D eigenvalue weighted by atomic mass is 10.1. The van der Waals surface area contributed by atoms with Gasteiger partial charge in [-0.05, 0) is 23.3 Å². The van der Waals surface area contributed by atoms with Crippen LogP contribution in [0.5, 0.6) is 0 Å². The fraction of sp³-hybridized carbons (Fsp3) is 0.286. The Bertz CT molecular complexity index is 682. The number of aromatic nitrogens is 2. The highest BCUT2D eigenvalue weighted by molar-refractivity contribution is 7.71. The summed E-state index contributed by atoms with van der Waals surface area (Å²) in [5.74, 6) is 1.04. The van der Waals surface area contributed by atoms with Crippen LogP contribution < -0.4 is 10.2 Å². The number of aromatic amines is 1. The van der Waals surface area contributed by atoms with Gasteiger partial charge in [-0.3, -0.25) is 0 Å². The van der Waals surface area contributed by atoms with Gasteiger partial charge in [0.25, 0.3) is 0 Å². The molecule has 2 aromatic rings. The summed E-state index contributed by atoms with van der Waals surface area (Å²) in [6.07, 6.45) is 0. The second kappa shape index (κ2) is 4.15. The van der Waals surface area contributed by atoms with Crippen molar-refractivity contribution in [2.45, 2.75) is 26.2 Å². The predicted octanol–water partition coefficient (Wildman–Crippen LogP) is 2.26. The first-order valence-corrected chi connectivity index (χ1v) is 6.86. The monoisotopic (exact) mass is 270 g/mol. The van der Waals surface area contributed by atoms with Gasteiger partial charge in [-0.25, -0.2) is 4.98 Å². The minimum absolute atomic E-state index is 0.577. The lowest BCUT2D eigenvalue weighted by molar-refractivity contribution is 0.755. The maximum Gasteiger partial charge on any atom is 0.199 e. The van der Waals surface area contributed by atoms with E-state index in [-0.39, 0.29) is 0 Å². The van der Waals surface area contributed by atoms with Gasteiger partial charge in [0.2, 0.25) is 0 Å². The van der Waals surface area contributed by atoms with Crippen LogP contribution in [-0.2, 0) is 26.2 Å². The Morgan fingerprint density at radius 2 is 1.84 bits per heavy atom. The summed E-state index contributed by atoms with van der Waals surface area (Å²) in [5.41, 5.74) is 5.23. The molecular formula is C14H14N4S. The SMILES string of the molecule is S=c1nc(N2Cc3ccccc3C2)c2c([nH]1)CNC2. The van der Waals surface area contributed by atoms with Gasteiger partial charge in [0.15, 0.2) is 4.77 Å². The quantitative estimate of drug-likeness (QED) is 0.780. The number of anilines is 1. The van der Waals surface area contributed by atoms with Crippen LogP contribution in [0, 0.1) is 4.77 Å². The Hall–Kier alpha value is -1.72. The molecule has 0 saturated carbocycles. The van der Waals surface area contributed by atoms with Gasteiger partial charge in [-0.15, -0.1) is 0 Å². The number of nitrogens with one attached hydrogen (secondary N) is 2. The van der Waals surface area contributed by atoms with Crippen molar-refractivity contribution in [1.82, 2.24) is 15.3 Å². The Labute approximate surface area is 116 Å². The van der Waals surface area contributed by atoms with Gasteiger partial charge in [0.05, 0.1) is 0 Å². The maximum atomic E-state index is 5.24. The fourth-order valence-corrected chi connectivity index (χ4v) is 3.13. The highest BCUT2D eigenvalue weighted by Gasteiger charge is 2.25. The third-order valence-corrected chi connectivity index (χ3v) is 4.04. The molecule has 0 radical (unpaired) electrons. The molecule has 1 aromatic carbocycles. The van der Waals surface area contributed by atoms with Gasteiger partial charge in [0.1, 0.15) is 5.82 Å². The molecule has 0 bridgehead atoms. The molecule has 0 aliphatic carbocycles. The number of benzene rings is 1. The summed E-state index contributed by atoms with van der Waals surface area (Å²) >= 11 is 5.24. The third kappa shape index (κ3) is 1.77. The van der Waals surface area contributed by atoms with E-state index in [9.17, 15) is 0 Å². The van der Waals surface area contributed by atoms with Crippen LogP contribution in [-0.4, -0.2) is 9.97 Å². The molecule has 96 valence electrons. The highest BCUT2D eigenvalue weighted by Crippen LogP contribution is 2.31. The molecule has 0 saturated heterocycles. The van der Waals surface area contributed by atoms with Crippen LogP contribution in [0.1, 0.15) is 22.4 Å². The summed E-state index contributed by atoms with van der Waals surface area (Å²) in [7, 11) is 0. The Morgan fingerprint density at radius 1 is 1.11 bits per heavy atom. The van der Waals surface area contributed by atoms with Crippen LogP contribution in [0.15, 0.2) is 24.3 Å². The van der Waals surface area contributed by atoms with Gasteiger partial charge in [-0.2, -0.15) is 0 Å². The predicted molar refractivity (Wildman–Crippen MR) is 76.3 cm³/mol. The standard InChI is InChI=1S/C14H14N4S/c19-14-16-12-6-15-5-11(12)13(17-14)18-7-9-3-1-2-4-10(9)8-18/h1-4,15H,5-8H2,(H,16,17,19). The minimum Gasteiger partial charge on any atom is -0.348 e. The van der Waals surface area contributed by atoms with E-state index in [1.54, 1.807) is 0 Å². The van der Waals surface area contributed by atoms with Crippen molar-refractivity contribution in [3.05, 3.63) is 51.4 Å². The zero-order chi connectivity index (χ0) is 12.8. The third-order valence-electron chi connectivity index (χ3n) is 3.84. The summed E-state index contributed by atoms with van der Waals surface area (Å²) in [4.78, 5) is 10.1. The zero-order valence-electron chi connectivity index (χ0n) is 10.4. The lowest BCUT2D eigenvalue weighted by Crippen LogP contribution is -2.19. The van der Waals surface area contributed by atoms with Crippen LogP contribution in [0.25, 0.3) is 0 Å². The molecule has 4 rings (SSSR count). The van der Waals surface area contributed by atoms with Crippen molar-refractivity contribution < 1.29 is 0 Å². The molecule has 2 aliphatic heterocycles. The van der Waals surface area contributed by atoms with E-state index >= 15 is 0 Å². The minimum atomic E-state index is 0.577. The first-order valence-electron chi connectivity index (χ1n) is 6.46. The summed E-state index contributed by atoms with van der Waals surface area (Å²) in [5, 5.41) is 3.36.